The molecule has 0 spiro atoms. The van der Waals surface area contributed by atoms with E-state index < -0.39 is 22.0 Å². The van der Waals surface area contributed by atoms with Crippen LogP contribution < -0.4 is 9.62 Å². The molecule has 7 nitrogen and oxygen atoms in total. The normalized spacial score (nSPS) is 12.2. The minimum Gasteiger partial charge on any atom is -0.354 e. The smallest absolute Gasteiger partial charge is 0.244 e. The van der Waals surface area contributed by atoms with E-state index >= 15 is 0 Å². The highest BCUT2D eigenvalue weighted by Crippen LogP contribution is 2.21. The third-order valence-electron chi connectivity index (χ3n) is 5.16. The molecule has 0 radical (unpaired) electrons. The van der Waals surface area contributed by atoms with Gasteiger partial charge in [0.1, 0.15) is 12.6 Å². The second kappa shape index (κ2) is 12.4. The highest BCUT2D eigenvalue weighted by molar-refractivity contribution is 14.1. The molecule has 1 atom stereocenters. The molecule has 2 aromatic rings. The number of benzene rings is 2. The number of aryl methyl sites for hydroxylation is 1. The van der Waals surface area contributed by atoms with Gasteiger partial charge in [0, 0.05) is 16.7 Å². The van der Waals surface area contributed by atoms with Crippen molar-refractivity contribution in [3.63, 3.8) is 0 Å². The van der Waals surface area contributed by atoms with Crippen molar-refractivity contribution in [2.75, 3.05) is 23.7 Å². The standard InChI is InChI=1S/C24H32IN3O4S/c1-5-14-26-24(30)22(6-2)27(16-19-9-7-8-18(3)15-19)23(29)17-28(33(4,31)32)21-12-10-20(25)11-13-21/h7-13,15,22H,5-6,14,16-17H2,1-4H3,(H,26,30)/t22-/m0/s1. The number of sulfonamides is 1. The summed E-state index contributed by atoms with van der Waals surface area (Å²) < 4.78 is 27.2. The Balaban J connectivity index is 2.41. The summed E-state index contributed by atoms with van der Waals surface area (Å²) in [6.45, 7) is 6.11. The molecule has 0 heterocycles. The summed E-state index contributed by atoms with van der Waals surface area (Å²) in [5, 5.41) is 2.87. The molecule has 180 valence electrons. The van der Waals surface area contributed by atoms with E-state index in [1.807, 2.05) is 45.0 Å². The van der Waals surface area contributed by atoms with Crippen molar-refractivity contribution in [1.29, 1.82) is 0 Å². The van der Waals surface area contributed by atoms with Crippen LogP contribution in [0.25, 0.3) is 0 Å². The Morgan fingerprint density at radius 2 is 1.76 bits per heavy atom. The van der Waals surface area contributed by atoms with E-state index in [9.17, 15) is 18.0 Å². The number of anilines is 1. The molecule has 0 fully saturated rings. The maximum absolute atomic E-state index is 13.5. The highest BCUT2D eigenvalue weighted by atomic mass is 127. The van der Waals surface area contributed by atoms with E-state index in [1.54, 1.807) is 24.3 Å². The van der Waals surface area contributed by atoms with E-state index in [0.717, 1.165) is 31.7 Å². The lowest BCUT2D eigenvalue weighted by atomic mass is 10.1. The largest absolute Gasteiger partial charge is 0.354 e. The number of hydrogen-bond acceptors (Lipinski definition) is 4. The molecule has 9 heteroatoms. The summed E-state index contributed by atoms with van der Waals surface area (Å²) in [6.07, 6.45) is 2.27. The number of rotatable bonds is 11. The van der Waals surface area contributed by atoms with Crippen LogP contribution in [-0.4, -0.2) is 50.5 Å². The van der Waals surface area contributed by atoms with Gasteiger partial charge in [-0.2, -0.15) is 0 Å². The van der Waals surface area contributed by atoms with Gasteiger partial charge < -0.3 is 10.2 Å². The molecular weight excluding hydrogens is 553 g/mol. The van der Waals surface area contributed by atoms with E-state index in [-0.39, 0.29) is 19.0 Å². The molecular formula is C24H32IN3O4S. The van der Waals surface area contributed by atoms with Crippen molar-refractivity contribution in [3.05, 3.63) is 63.2 Å². The molecule has 2 aromatic carbocycles. The number of hydrogen-bond donors (Lipinski definition) is 1. The van der Waals surface area contributed by atoms with Gasteiger partial charge in [0.15, 0.2) is 0 Å². The average molecular weight is 586 g/mol. The fraction of sp³-hybridized carbons (Fsp3) is 0.417. The Labute approximate surface area is 210 Å². The van der Waals surface area contributed by atoms with Gasteiger partial charge in [-0.25, -0.2) is 8.42 Å². The lowest BCUT2D eigenvalue weighted by Gasteiger charge is -2.33. The summed E-state index contributed by atoms with van der Waals surface area (Å²) in [5.74, 6) is -0.667. The van der Waals surface area contributed by atoms with Crippen molar-refractivity contribution in [2.45, 2.75) is 46.2 Å². The number of carbonyl (C=O) groups is 2. The Morgan fingerprint density at radius 3 is 2.30 bits per heavy atom. The van der Waals surface area contributed by atoms with Crippen molar-refractivity contribution < 1.29 is 18.0 Å². The molecule has 2 amide bonds. The lowest BCUT2D eigenvalue weighted by molar-refractivity contribution is -0.140. The van der Waals surface area contributed by atoms with Gasteiger partial charge in [0.05, 0.1) is 11.9 Å². The van der Waals surface area contributed by atoms with E-state index in [0.29, 0.717) is 18.7 Å². The lowest BCUT2D eigenvalue weighted by Crippen LogP contribution is -2.52. The van der Waals surface area contributed by atoms with Crippen LogP contribution in [0.3, 0.4) is 0 Å². The van der Waals surface area contributed by atoms with E-state index in [1.165, 1.54) is 4.90 Å². The number of halogens is 1. The second-order valence-electron chi connectivity index (χ2n) is 7.97. The third kappa shape index (κ3) is 7.99. The summed E-state index contributed by atoms with van der Waals surface area (Å²) in [4.78, 5) is 27.9. The van der Waals surface area contributed by atoms with Crippen LogP contribution in [0.2, 0.25) is 0 Å². The molecule has 0 unspecified atom stereocenters. The van der Waals surface area contributed by atoms with Crippen LogP contribution in [0, 0.1) is 10.5 Å². The fourth-order valence-corrected chi connectivity index (χ4v) is 4.72. The van der Waals surface area contributed by atoms with Crippen molar-refractivity contribution in [1.82, 2.24) is 10.2 Å². The average Bonchev–Trinajstić information content (AvgIpc) is 2.75. The molecule has 1 N–H and O–H groups in total. The molecule has 0 aliphatic heterocycles. The fourth-order valence-electron chi connectivity index (χ4n) is 3.51. The van der Waals surface area contributed by atoms with Gasteiger partial charge in [-0.05, 0) is 72.2 Å². The summed E-state index contributed by atoms with van der Waals surface area (Å²) in [7, 11) is -3.72. The van der Waals surface area contributed by atoms with Crippen molar-refractivity contribution >= 4 is 50.1 Å². The first-order valence-electron chi connectivity index (χ1n) is 10.9. The zero-order valence-corrected chi connectivity index (χ0v) is 22.5. The number of amides is 2. The summed E-state index contributed by atoms with van der Waals surface area (Å²) in [6, 6.07) is 13.9. The van der Waals surface area contributed by atoms with Gasteiger partial charge >= 0.3 is 0 Å². The first-order chi connectivity index (χ1) is 15.6. The molecule has 0 aromatic heterocycles. The first-order valence-corrected chi connectivity index (χ1v) is 13.9. The monoisotopic (exact) mass is 585 g/mol. The Kier molecular flexibility index (Phi) is 10.2. The summed E-state index contributed by atoms with van der Waals surface area (Å²) in [5.41, 5.74) is 2.33. The van der Waals surface area contributed by atoms with E-state index in [2.05, 4.69) is 27.9 Å². The highest BCUT2D eigenvalue weighted by Gasteiger charge is 2.31. The van der Waals surface area contributed by atoms with Crippen LogP contribution in [0.1, 0.15) is 37.8 Å². The predicted octanol–water partition coefficient (Wildman–Crippen LogP) is 3.70. The van der Waals surface area contributed by atoms with Gasteiger partial charge in [0.25, 0.3) is 0 Å². The van der Waals surface area contributed by atoms with Gasteiger partial charge in [-0.3, -0.25) is 13.9 Å². The number of nitrogens with zero attached hydrogens (tertiary/aromatic N) is 2. The maximum atomic E-state index is 13.5. The van der Waals surface area contributed by atoms with Gasteiger partial charge in [-0.15, -0.1) is 0 Å². The SMILES string of the molecule is CCCNC(=O)[C@H](CC)N(Cc1cccc(C)c1)C(=O)CN(c1ccc(I)cc1)S(C)(=O)=O. The quantitative estimate of drug-likeness (QED) is 0.408. The maximum Gasteiger partial charge on any atom is 0.244 e. The molecule has 0 aliphatic carbocycles. The first kappa shape index (κ1) is 27.1. The molecule has 33 heavy (non-hydrogen) atoms. The van der Waals surface area contributed by atoms with E-state index in [4.69, 9.17) is 0 Å². The summed E-state index contributed by atoms with van der Waals surface area (Å²) >= 11 is 2.14. The molecule has 0 saturated heterocycles. The Morgan fingerprint density at radius 1 is 1.09 bits per heavy atom. The van der Waals surface area contributed by atoms with Crippen molar-refractivity contribution in [2.24, 2.45) is 0 Å². The number of carbonyl (C=O) groups excluding carboxylic acids is 2. The number of nitrogens with one attached hydrogen (secondary N) is 1. The van der Waals surface area contributed by atoms with Crippen LogP contribution in [0.4, 0.5) is 5.69 Å². The second-order valence-corrected chi connectivity index (χ2v) is 11.1. The van der Waals surface area contributed by atoms with Gasteiger partial charge in [-0.1, -0.05) is 43.7 Å². The molecule has 0 bridgehead atoms. The van der Waals surface area contributed by atoms with Crippen molar-refractivity contribution in [3.8, 4) is 0 Å². The Bertz CT molecular complexity index is 1060. The molecule has 0 saturated carbocycles. The van der Waals surface area contributed by atoms with Crippen LogP contribution in [-0.2, 0) is 26.2 Å². The third-order valence-corrected chi connectivity index (χ3v) is 7.02. The van der Waals surface area contributed by atoms with Crippen LogP contribution >= 0.6 is 22.6 Å². The van der Waals surface area contributed by atoms with Crippen LogP contribution in [0.5, 0.6) is 0 Å². The zero-order valence-electron chi connectivity index (χ0n) is 19.5. The minimum absolute atomic E-state index is 0.211. The van der Waals surface area contributed by atoms with Gasteiger partial charge in [0.2, 0.25) is 21.8 Å². The molecule has 2 rings (SSSR count). The predicted molar refractivity (Wildman–Crippen MR) is 140 cm³/mol. The topological polar surface area (TPSA) is 86.8 Å². The Hall–Kier alpha value is -2.14. The zero-order chi connectivity index (χ0) is 24.6. The molecule has 0 aliphatic rings. The minimum atomic E-state index is -3.72. The van der Waals surface area contributed by atoms with Crippen LogP contribution in [0.15, 0.2) is 48.5 Å².